The van der Waals surface area contributed by atoms with Crippen LogP contribution in [0.5, 0.6) is 0 Å². The van der Waals surface area contributed by atoms with Crippen LogP contribution >= 0.6 is 15.9 Å². The lowest BCUT2D eigenvalue weighted by atomic mass is 10.2. The van der Waals surface area contributed by atoms with Crippen molar-refractivity contribution in [3.05, 3.63) is 34.3 Å². The summed E-state index contributed by atoms with van der Waals surface area (Å²) in [5.41, 5.74) is 1.12. The van der Waals surface area contributed by atoms with Gasteiger partial charge in [0.15, 0.2) is 9.84 Å². The number of likely N-dealkylation sites (N-methyl/N-ethyl adjacent to an activating group) is 2. The Morgan fingerprint density at radius 2 is 2.04 bits per heavy atom. The summed E-state index contributed by atoms with van der Waals surface area (Å²) in [6, 6.07) is 7.75. The summed E-state index contributed by atoms with van der Waals surface area (Å²) in [7, 11) is -1.08. The molecule has 1 aromatic carbocycles. The summed E-state index contributed by atoms with van der Waals surface area (Å²) in [4.78, 5) is 16.2. The van der Waals surface area contributed by atoms with Crippen LogP contribution in [0.2, 0.25) is 0 Å². The van der Waals surface area contributed by atoms with Crippen molar-refractivity contribution in [1.29, 1.82) is 0 Å². The normalized spacial score (nSPS) is 19.9. The van der Waals surface area contributed by atoms with E-state index in [2.05, 4.69) is 15.9 Å². The first-order valence-electron chi connectivity index (χ1n) is 7.74. The minimum atomic E-state index is -2.98. The van der Waals surface area contributed by atoms with Gasteiger partial charge < -0.3 is 4.90 Å². The molecule has 5 nitrogen and oxygen atoms in total. The van der Waals surface area contributed by atoms with Crippen molar-refractivity contribution >= 4 is 31.7 Å². The summed E-state index contributed by atoms with van der Waals surface area (Å²) in [5, 5.41) is 0. The Morgan fingerprint density at radius 1 is 1.35 bits per heavy atom. The van der Waals surface area contributed by atoms with E-state index >= 15 is 0 Å². The van der Waals surface area contributed by atoms with Gasteiger partial charge in [0.1, 0.15) is 0 Å². The molecule has 23 heavy (non-hydrogen) atoms. The molecule has 1 heterocycles. The molecule has 1 aliphatic rings. The first kappa shape index (κ1) is 18.4. The van der Waals surface area contributed by atoms with Gasteiger partial charge >= 0.3 is 0 Å². The van der Waals surface area contributed by atoms with Crippen molar-refractivity contribution in [3.8, 4) is 0 Å². The lowest BCUT2D eigenvalue weighted by molar-refractivity contribution is -0.133. The van der Waals surface area contributed by atoms with Crippen LogP contribution < -0.4 is 0 Å². The molecule has 1 saturated heterocycles. The van der Waals surface area contributed by atoms with E-state index in [-0.39, 0.29) is 30.0 Å². The summed E-state index contributed by atoms with van der Waals surface area (Å²) < 4.78 is 24.3. The number of nitrogens with zero attached hydrogens (tertiary/aromatic N) is 2. The molecule has 0 spiro atoms. The topological polar surface area (TPSA) is 57.7 Å². The number of halogens is 1. The fraction of sp³-hybridized carbons (Fsp3) is 0.562. The first-order valence-corrected chi connectivity index (χ1v) is 10.4. The minimum Gasteiger partial charge on any atom is -0.338 e. The predicted molar refractivity (Wildman–Crippen MR) is 94.9 cm³/mol. The summed E-state index contributed by atoms with van der Waals surface area (Å²) in [5.74, 6) is 0.276. The highest BCUT2D eigenvalue weighted by molar-refractivity contribution is 9.10. The van der Waals surface area contributed by atoms with E-state index < -0.39 is 9.84 Å². The molecule has 7 heteroatoms. The van der Waals surface area contributed by atoms with Gasteiger partial charge in [-0.2, -0.15) is 0 Å². The van der Waals surface area contributed by atoms with Gasteiger partial charge in [0.05, 0.1) is 18.1 Å². The summed E-state index contributed by atoms with van der Waals surface area (Å²) >= 11 is 3.51. The Morgan fingerprint density at radius 3 is 2.61 bits per heavy atom. The number of carbonyl (C=O) groups excluding carboxylic acids is 1. The molecule has 1 aliphatic heterocycles. The van der Waals surface area contributed by atoms with Crippen molar-refractivity contribution in [3.63, 3.8) is 0 Å². The van der Waals surface area contributed by atoms with Gasteiger partial charge in [-0.25, -0.2) is 8.42 Å². The molecular weight excluding hydrogens is 380 g/mol. The van der Waals surface area contributed by atoms with Crippen LogP contribution in [0.25, 0.3) is 0 Å². The van der Waals surface area contributed by atoms with Gasteiger partial charge in [0, 0.05) is 23.6 Å². The molecule has 1 amide bonds. The first-order chi connectivity index (χ1) is 10.8. The van der Waals surface area contributed by atoms with Gasteiger partial charge in [-0.15, -0.1) is 0 Å². The summed E-state index contributed by atoms with van der Waals surface area (Å²) in [6.07, 6.45) is 0.551. The van der Waals surface area contributed by atoms with E-state index in [0.717, 1.165) is 10.0 Å². The van der Waals surface area contributed by atoms with Crippen molar-refractivity contribution in [1.82, 2.24) is 9.80 Å². The molecule has 128 valence electrons. The van der Waals surface area contributed by atoms with Crippen LogP contribution in [0, 0.1) is 0 Å². The lowest BCUT2D eigenvalue weighted by Gasteiger charge is -2.29. The second-order valence-corrected chi connectivity index (χ2v) is 9.08. The fourth-order valence-corrected chi connectivity index (χ4v) is 5.10. The zero-order chi connectivity index (χ0) is 17.0. The maximum Gasteiger partial charge on any atom is 0.237 e. The number of carbonyl (C=O) groups is 1. The van der Waals surface area contributed by atoms with E-state index in [9.17, 15) is 13.2 Å². The van der Waals surface area contributed by atoms with Crippen molar-refractivity contribution in [2.75, 3.05) is 31.6 Å². The van der Waals surface area contributed by atoms with Crippen LogP contribution in [-0.2, 0) is 21.2 Å². The Kier molecular flexibility index (Phi) is 6.22. The van der Waals surface area contributed by atoms with E-state index in [4.69, 9.17) is 0 Å². The number of hydrogen-bond acceptors (Lipinski definition) is 4. The van der Waals surface area contributed by atoms with Crippen molar-refractivity contribution < 1.29 is 13.2 Å². The Balaban J connectivity index is 1.95. The molecule has 1 aromatic rings. The summed E-state index contributed by atoms with van der Waals surface area (Å²) in [6.45, 7) is 3.39. The smallest absolute Gasteiger partial charge is 0.237 e. The van der Waals surface area contributed by atoms with Gasteiger partial charge in [-0.1, -0.05) is 34.1 Å². The lowest BCUT2D eigenvalue weighted by Crippen LogP contribution is -2.45. The Bertz CT molecular complexity index is 663. The van der Waals surface area contributed by atoms with Crippen molar-refractivity contribution in [2.24, 2.45) is 0 Å². The quantitative estimate of drug-likeness (QED) is 0.728. The van der Waals surface area contributed by atoms with E-state index in [0.29, 0.717) is 19.5 Å². The number of sulfone groups is 1. The van der Waals surface area contributed by atoms with Crippen LogP contribution in [0.1, 0.15) is 18.9 Å². The van der Waals surface area contributed by atoms with Gasteiger partial charge in [0.2, 0.25) is 5.91 Å². The molecule has 0 bridgehead atoms. The molecule has 0 unspecified atom stereocenters. The molecule has 0 aliphatic carbocycles. The standard InChI is InChI=1S/C16H23BrN2O3S/c1-3-19(14-8-9-23(21,22)12-14)16(20)11-18(2)10-13-6-4-5-7-15(13)17/h4-7,14H,3,8-12H2,1-2H3/t14-/m1/s1. The molecule has 1 atom stereocenters. The second kappa shape index (κ2) is 7.77. The highest BCUT2D eigenvalue weighted by Crippen LogP contribution is 2.19. The third-order valence-corrected chi connectivity index (χ3v) is 6.64. The van der Waals surface area contributed by atoms with Gasteiger partial charge in [-0.05, 0) is 32.0 Å². The number of amides is 1. The molecular formula is C16H23BrN2O3S. The van der Waals surface area contributed by atoms with E-state index in [1.807, 2.05) is 43.1 Å². The SMILES string of the molecule is CCN(C(=O)CN(C)Cc1ccccc1Br)[C@@H]1CCS(=O)(=O)C1. The maximum atomic E-state index is 12.5. The number of benzene rings is 1. The van der Waals surface area contributed by atoms with Crippen LogP contribution in [0.15, 0.2) is 28.7 Å². The van der Waals surface area contributed by atoms with Gasteiger partial charge in [-0.3, -0.25) is 9.69 Å². The van der Waals surface area contributed by atoms with Gasteiger partial charge in [0.25, 0.3) is 0 Å². The number of hydrogen-bond donors (Lipinski definition) is 0. The second-order valence-electron chi connectivity index (χ2n) is 6.00. The predicted octanol–water partition coefficient (Wildman–Crippen LogP) is 1.92. The maximum absolute atomic E-state index is 12.5. The van der Waals surface area contributed by atoms with Crippen LogP contribution in [-0.4, -0.2) is 61.8 Å². The zero-order valence-electron chi connectivity index (χ0n) is 13.5. The molecule has 2 rings (SSSR count). The monoisotopic (exact) mass is 402 g/mol. The van der Waals surface area contributed by atoms with Crippen LogP contribution in [0.3, 0.4) is 0 Å². The molecule has 1 fully saturated rings. The Labute approximate surface area is 146 Å². The molecule has 0 aromatic heterocycles. The minimum absolute atomic E-state index is 0.0100. The highest BCUT2D eigenvalue weighted by Gasteiger charge is 2.33. The van der Waals surface area contributed by atoms with E-state index in [1.165, 1.54) is 0 Å². The van der Waals surface area contributed by atoms with E-state index in [1.54, 1.807) is 4.90 Å². The fourth-order valence-electron chi connectivity index (χ4n) is 2.95. The molecule has 0 saturated carbocycles. The molecule has 0 N–H and O–H groups in total. The van der Waals surface area contributed by atoms with Crippen molar-refractivity contribution in [2.45, 2.75) is 25.9 Å². The zero-order valence-corrected chi connectivity index (χ0v) is 15.9. The van der Waals surface area contributed by atoms with Crippen LogP contribution in [0.4, 0.5) is 0 Å². The largest absolute Gasteiger partial charge is 0.338 e. The highest BCUT2D eigenvalue weighted by atomic mass is 79.9. The molecule has 0 radical (unpaired) electrons. The number of rotatable bonds is 6. The third-order valence-electron chi connectivity index (χ3n) is 4.11. The Hall–Kier alpha value is -0.920. The average Bonchev–Trinajstić information content (AvgIpc) is 2.82. The third kappa shape index (κ3) is 5.02. The average molecular weight is 403 g/mol.